The highest BCUT2D eigenvalue weighted by Crippen LogP contribution is 2.31. The van der Waals surface area contributed by atoms with Gasteiger partial charge in [-0.25, -0.2) is 28.4 Å². The Kier molecular flexibility index (Phi) is 11.5. The number of carbonyl (C=O) groups is 2. The molecule has 0 saturated heterocycles. The van der Waals surface area contributed by atoms with Gasteiger partial charge in [-0.15, -0.1) is 0 Å². The van der Waals surface area contributed by atoms with Crippen LogP contribution in [0.4, 0.5) is 24.5 Å². The Balaban J connectivity index is 2.46. The zero-order valence-corrected chi connectivity index (χ0v) is 22.4. The summed E-state index contributed by atoms with van der Waals surface area (Å²) < 4.78 is 72.0. The molecule has 0 aromatic heterocycles. The van der Waals surface area contributed by atoms with Crippen molar-refractivity contribution < 1.29 is 46.0 Å². The molecule has 0 aliphatic rings. The highest BCUT2D eigenvalue weighted by atomic mass is 127. The predicted molar refractivity (Wildman–Crippen MR) is 133 cm³/mol. The molecule has 0 unspecified atom stereocenters. The van der Waals surface area contributed by atoms with Crippen molar-refractivity contribution in [1.29, 1.82) is 0 Å². The van der Waals surface area contributed by atoms with E-state index < -0.39 is 76.0 Å². The number of hydrogen-bond acceptors (Lipinski definition) is 8. The Morgan fingerprint density at radius 1 is 1.16 bits per heavy atom. The minimum Gasteiger partial charge on any atom is -0.394 e. The van der Waals surface area contributed by atoms with Crippen LogP contribution in [-0.4, -0.2) is 64.3 Å². The average Bonchev–Trinajstić information content (AvgIpc) is 2.86. The summed E-state index contributed by atoms with van der Waals surface area (Å²) in [6.07, 6.45) is 0. The van der Waals surface area contributed by atoms with Crippen molar-refractivity contribution >= 4 is 56.0 Å². The molecule has 0 spiro atoms. The molecule has 5 N–H and O–H groups in total. The van der Waals surface area contributed by atoms with Crippen molar-refractivity contribution in [2.75, 3.05) is 39.2 Å². The Hall–Kier alpha value is -2.55. The maximum absolute atomic E-state index is 15.2. The number of nitrogens with zero attached hydrogens (tertiary/aromatic N) is 1. The number of rotatable bonds is 13. The van der Waals surface area contributed by atoms with Crippen LogP contribution in [0.25, 0.3) is 0 Å². The third-order valence-corrected chi connectivity index (χ3v) is 6.30. The van der Waals surface area contributed by atoms with E-state index in [2.05, 4.69) is 5.32 Å². The van der Waals surface area contributed by atoms with Gasteiger partial charge in [0.2, 0.25) is 0 Å². The minimum absolute atomic E-state index is 0.262. The summed E-state index contributed by atoms with van der Waals surface area (Å²) in [7, 11) is -1.84. The fourth-order valence-corrected chi connectivity index (χ4v) is 3.68. The Morgan fingerprint density at radius 2 is 1.86 bits per heavy atom. The first-order chi connectivity index (χ1) is 17.4. The van der Waals surface area contributed by atoms with Crippen molar-refractivity contribution in [3.8, 4) is 0 Å². The predicted octanol–water partition coefficient (Wildman–Crippen LogP) is 1.05. The van der Waals surface area contributed by atoms with E-state index in [4.69, 9.17) is 14.8 Å². The zero-order valence-electron chi connectivity index (χ0n) is 19.4. The Labute approximate surface area is 223 Å². The van der Waals surface area contributed by atoms with Crippen molar-refractivity contribution in [2.45, 2.75) is 6.54 Å². The lowest BCUT2D eigenvalue weighted by atomic mass is 10.1. The number of benzene rings is 2. The molecule has 0 heterocycles. The second-order valence-electron chi connectivity index (χ2n) is 6.98. The van der Waals surface area contributed by atoms with Crippen molar-refractivity contribution in [3.05, 3.63) is 56.4 Å². The second kappa shape index (κ2) is 13.8. The van der Waals surface area contributed by atoms with Crippen LogP contribution in [0.2, 0.25) is 0 Å². The molecule has 2 amide bonds. The first-order valence-electron chi connectivity index (χ1n) is 10.2. The van der Waals surface area contributed by atoms with Gasteiger partial charge in [0.15, 0.2) is 11.6 Å². The molecule has 2 rings (SSSR count). The lowest BCUT2D eigenvalue weighted by Crippen LogP contribution is -2.42. The van der Waals surface area contributed by atoms with Gasteiger partial charge in [0.05, 0.1) is 50.4 Å². The number of hydroxylamine groups is 3. The minimum atomic E-state index is -3.98. The summed E-state index contributed by atoms with van der Waals surface area (Å²) in [5, 5.41) is 11.7. The smallest absolute Gasteiger partial charge is 0.277 e. The van der Waals surface area contributed by atoms with Gasteiger partial charge >= 0.3 is 0 Å². The summed E-state index contributed by atoms with van der Waals surface area (Å²) in [6.45, 7) is -2.29. The number of anilines is 2. The highest BCUT2D eigenvalue weighted by Gasteiger charge is 2.26. The third-order valence-electron chi connectivity index (χ3n) is 4.57. The quantitative estimate of drug-likeness (QED) is 0.121. The molecule has 37 heavy (non-hydrogen) atoms. The first-order valence-corrected chi connectivity index (χ1v) is 12.8. The number of hydrogen-bond donors (Lipinski definition) is 5. The average molecular weight is 661 g/mol. The molecule has 0 radical (unpaired) electrons. The van der Waals surface area contributed by atoms with Crippen LogP contribution in [0.15, 0.2) is 24.3 Å². The molecular formula is C20H23F3IN5O7S. The van der Waals surface area contributed by atoms with E-state index in [1.807, 2.05) is 37.5 Å². The number of halogens is 4. The highest BCUT2D eigenvalue weighted by molar-refractivity contribution is 14.1. The largest absolute Gasteiger partial charge is 0.394 e. The summed E-state index contributed by atoms with van der Waals surface area (Å²) in [4.78, 5) is 34.6. The van der Waals surface area contributed by atoms with E-state index in [9.17, 15) is 22.4 Å². The van der Waals surface area contributed by atoms with Crippen molar-refractivity contribution in [2.24, 2.45) is 0 Å². The van der Waals surface area contributed by atoms with Crippen LogP contribution in [0.5, 0.6) is 0 Å². The summed E-state index contributed by atoms with van der Waals surface area (Å²) in [5.74, 6) is -5.94. The topological polar surface area (TPSA) is 158 Å². The van der Waals surface area contributed by atoms with Crippen LogP contribution in [0.3, 0.4) is 0 Å². The number of aliphatic hydroxyl groups excluding tert-OH is 1. The van der Waals surface area contributed by atoms with Gasteiger partial charge in [0.25, 0.3) is 22.0 Å². The summed E-state index contributed by atoms with van der Waals surface area (Å²) >= 11 is 1.85. The fourth-order valence-electron chi connectivity index (χ4n) is 2.76. The fraction of sp³-hybridized carbons (Fsp3) is 0.300. The van der Waals surface area contributed by atoms with Crippen molar-refractivity contribution in [3.63, 3.8) is 0 Å². The van der Waals surface area contributed by atoms with Crippen LogP contribution >= 0.6 is 22.6 Å². The van der Waals surface area contributed by atoms with E-state index in [-0.39, 0.29) is 12.3 Å². The SMILES string of the molecule is CNS(=O)(=O)NCC(=O)N(Cc1cc(C(=O)NOCCO)c(Nc2ccc(I)cc2F)c(F)c1F)OC. The van der Waals surface area contributed by atoms with Gasteiger partial charge < -0.3 is 10.4 Å². The molecule has 0 bridgehead atoms. The molecule has 0 atom stereocenters. The van der Waals surface area contributed by atoms with Crippen LogP contribution in [0.1, 0.15) is 15.9 Å². The molecule has 0 fully saturated rings. The number of aliphatic hydroxyl groups is 1. The van der Waals surface area contributed by atoms with Gasteiger partial charge in [-0.1, -0.05) is 0 Å². The van der Waals surface area contributed by atoms with Gasteiger partial charge in [-0.2, -0.15) is 13.1 Å². The Morgan fingerprint density at radius 3 is 2.46 bits per heavy atom. The molecule has 0 aliphatic heterocycles. The lowest BCUT2D eigenvalue weighted by molar-refractivity contribution is -0.178. The summed E-state index contributed by atoms with van der Waals surface area (Å²) in [5.41, 5.74) is -0.131. The molecule has 2 aromatic rings. The van der Waals surface area contributed by atoms with E-state index >= 15 is 8.78 Å². The summed E-state index contributed by atoms with van der Waals surface area (Å²) in [6, 6.07) is 4.74. The Bertz CT molecular complexity index is 1250. The van der Waals surface area contributed by atoms with Crippen molar-refractivity contribution in [1.82, 2.24) is 20.0 Å². The van der Waals surface area contributed by atoms with Gasteiger partial charge in [0.1, 0.15) is 5.82 Å². The number of amides is 2. The number of carbonyl (C=O) groups excluding carboxylic acids is 2. The van der Waals surface area contributed by atoms with E-state index in [0.717, 1.165) is 26.3 Å². The van der Waals surface area contributed by atoms with E-state index in [1.165, 1.54) is 12.1 Å². The van der Waals surface area contributed by atoms with Gasteiger partial charge in [0, 0.05) is 16.2 Å². The van der Waals surface area contributed by atoms with E-state index in [0.29, 0.717) is 8.63 Å². The molecule has 17 heteroatoms. The molecule has 2 aromatic carbocycles. The zero-order chi connectivity index (χ0) is 27.8. The maximum Gasteiger partial charge on any atom is 0.277 e. The van der Waals surface area contributed by atoms with Gasteiger partial charge in [-0.3, -0.25) is 19.3 Å². The normalized spacial score (nSPS) is 11.3. The van der Waals surface area contributed by atoms with Crippen LogP contribution < -0.4 is 20.2 Å². The molecule has 204 valence electrons. The molecular weight excluding hydrogens is 638 g/mol. The van der Waals surface area contributed by atoms with Crippen LogP contribution in [-0.2, 0) is 31.2 Å². The van der Waals surface area contributed by atoms with E-state index in [1.54, 1.807) is 0 Å². The standard InChI is InChI=1S/C20H23F3IN5O7S/c1-25-37(33,34)26-9-16(31)29(35-2)10-11-7-13(20(32)28-36-6-5-30)19(18(23)17(11)22)27-15-4-3-12(24)8-14(15)21/h3-4,7-8,25-27,30H,5-6,9-10H2,1-2H3,(H,28,32). The first kappa shape index (κ1) is 30.7. The monoisotopic (exact) mass is 661 g/mol. The third kappa shape index (κ3) is 8.48. The lowest BCUT2D eigenvalue weighted by Gasteiger charge is -2.22. The van der Waals surface area contributed by atoms with Crippen LogP contribution in [0, 0.1) is 21.0 Å². The molecule has 12 nitrogen and oxygen atoms in total. The number of nitrogens with one attached hydrogen (secondary N) is 4. The molecule has 0 saturated carbocycles. The second-order valence-corrected chi connectivity index (χ2v) is 9.93. The van der Waals surface area contributed by atoms with Gasteiger partial charge in [-0.05, 0) is 46.9 Å². The maximum atomic E-state index is 15.2. The molecule has 0 aliphatic carbocycles.